The van der Waals surface area contributed by atoms with E-state index in [9.17, 15) is 23.1 Å². The maximum absolute atomic E-state index is 12.2. The molecule has 2 N–H and O–H groups in total. The van der Waals surface area contributed by atoms with Gasteiger partial charge in [0.05, 0.1) is 11.8 Å². The fourth-order valence-corrected chi connectivity index (χ4v) is 2.03. The van der Waals surface area contributed by atoms with Gasteiger partial charge in [-0.2, -0.15) is 13.2 Å². The number of pyridine rings is 1. The van der Waals surface area contributed by atoms with Crippen molar-refractivity contribution in [3.8, 4) is 5.75 Å². The molecule has 0 aliphatic rings. The maximum Gasteiger partial charge on any atom is 0.446 e. The number of benzene rings is 1. The molecule has 1 heterocycles. The zero-order chi connectivity index (χ0) is 15.5. The molecule has 0 aliphatic carbocycles. The molecule has 0 aliphatic heterocycles. The molecule has 2 aromatic rings. The highest BCUT2D eigenvalue weighted by molar-refractivity contribution is 8.00. The van der Waals surface area contributed by atoms with Gasteiger partial charge in [-0.25, -0.2) is 0 Å². The summed E-state index contributed by atoms with van der Waals surface area (Å²) < 4.78 is 36.5. The van der Waals surface area contributed by atoms with Crippen LogP contribution in [0.3, 0.4) is 0 Å². The van der Waals surface area contributed by atoms with Crippen LogP contribution in [0.4, 0.5) is 18.9 Å². The van der Waals surface area contributed by atoms with Gasteiger partial charge in [0.2, 0.25) is 0 Å². The van der Waals surface area contributed by atoms with Gasteiger partial charge in [-0.15, -0.1) is 0 Å². The first-order valence-corrected chi connectivity index (χ1v) is 6.46. The third-order valence-corrected chi connectivity index (χ3v) is 3.07. The Bertz CT molecular complexity index is 645. The van der Waals surface area contributed by atoms with E-state index in [4.69, 9.17) is 0 Å². The second-order valence-electron chi connectivity index (χ2n) is 3.96. The quantitative estimate of drug-likeness (QED) is 0.849. The second-order valence-corrected chi connectivity index (χ2v) is 5.10. The number of thioether (sulfide) groups is 1. The lowest BCUT2D eigenvalue weighted by atomic mass is 10.2. The first-order valence-electron chi connectivity index (χ1n) is 5.65. The van der Waals surface area contributed by atoms with Gasteiger partial charge >= 0.3 is 5.51 Å². The van der Waals surface area contributed by atoms with E-state index in [1.165, 1.54) is 42.7 Å². The maximum atomic E-state index is 12.2. The number of halogens is 3. The number of aromatic nitrogens is 1. The number of carbonyl (C=O) groups is 1. The van der Waals surface area contributed by atoms with Crippen molar-refractivity contribution in [2.24, 2.45) is 0 Å². The summed E-state index contributed by atoms with van der Waals surface area (Å²) in [5.41, 5.74) is -3.86. The van der Waals surface area contributed by atoms with Crippen molar-refractivity contribution in [1.82, 2.24) is 4.98 Å². The van der Waals surface area contributed by atoms with Gasteiger partial charge in [0.15, 0.2) is 0 Å². The lowest BCUT2D eigenvalue weighted by Crippen LogP contribution is -2.12. The van der Waals surface area contributed by atoms with Gasteiger partial charge in [-0.1, -0.05) is 0 Å². The van der Waals surface area contributed by atoms with E-state index in [0.29, 0.717) is 5.69 Å². The van der Waals surface area contributed by atoms with Crippen LogP contribution < -0.4 is 5.32 Å². The molecule has 8 heteroatoms. The van der Waals surface area contributed by atoms with Crippen LogP contribution in [0.25, 0.3) is 0 Å². The van der Waals surface area contributed by atoms with E-state index in [1.54, 1.807) is 0 Å². The number of nitrogens with one attached hydrogen (secondary N) is 1. The predicted octanol–water partition coefficient (Wildman–Crippen LogP) is 3.65. The number of hydrogen-bond donors (Lipinski definition) is 2. The summed E-state index contributed by atoms with van der Waals surface area (Å²) in [7, 11) is 0. The number of nitrogens with zero attached hydrogens (tertiary/aromatic N) is 1. The van der Waals surface area contributed by atoms with Crippen molar-refractivity contribution in [3.63, 3.8) is 0 Å². The Morgan fingerprint density at radius 3 is 2.43 bits per heavy atom. The molecule has 0 bridgehead atoms. The molecular formula is C13H9F3N2O2S. The van der Waals surface area contributed by atoms with Crippen LogP contribution in [-0.2, 0) is 0 Å². The van der Waals surface area contributed by atoms with E-state index < -0.39 is 11.4 Å². The molecule has 1 amide bonds. The average Bonchev–Trinajstić information content (AvgIpc) is 2.39. The zero-order valence-electron chi connectivity index (χ0n) is 10.4. The highest BCUT2D eigenvalue weighted by atomic mass is 32.2. The van der Waals surface area contributed by atoms with Crippen molar-refractivity contribution >= 4 is 23.4 Å². The van der Waals surface area contributed by atoms with Crippen molar-refractivity contribution in [3.05, 3.63) is 48.3 Å². The molecule has 0 spiro atoms. The minimum absolute atomic E-state index is 0.0273. The summed E-state index contributed by atoms with van der Waals surface area (Å²) in [6.45, 7) is 0. The number of aromatic hydroxyl groups is 1. The van der Waals surface area contributed by atoms with Gasteiger partial charge in [-0.3, -0.25) is 9.78 Å². The highest BCUT2D eigenvalue weighted by Crippen LogP contribution is 2.37. The smallest absolute Gasteiger partial charge is 0.446 e. The molecule has 110 valence electrons. The Hall–Kier alpha value is -2.22. The van der Waals surface area contributed by atoms with Crippen molar-refractivity contribution in [2.75, 3.05) is 5.32 Å². The lowest BCUT2D eigenvalue weighted by molar-refractivity contribution is -0.0328. The van der Waals surface area contributed by atoms with Gasteiger partial charge < -0.3 is 10.4 Å². The molecule has 0 atom stereocenters. The minimum Gasteiger partial charge on any atom is -0.506 e. The molecule has 0 fully saturated rings. The third-order valence-electron chi connectivity index (χ3n) is 2.33. The molecule has 1 aromatic heterocycles. The number of hydrogen-bond acceptors (Lipinski definition) is 4. The van der Waals surface area contributed by atoms with Crippen LogP contribution in [0, 0.1) is 0 Å². The minimum atomic E-state index is -4.35. The molecule has 1 aromatic carbocycles. The number of amides is 1. The lowest BCUT2D eigenvalue weighted by Gasteiger charge is -2.08. The zero-order valence-corrected chi connectivity index (χ0v) is 11.2. The third kappa shape index (κ3) is 4.67. The Morgan fingerprint density at radius 1 is 1.19 bits per heavy atom. The summed E-state index contributed by atoms with van der Waals surface area (Å²) >= 11 is -0.229. The summed E-state index contributed by atoms with van der Waals surface area (Å²) in [5.74, 6) is -0.672. The summed E-state index contributed by atoms with van der Waals surface area (Å²) in [4.78, 5) is 15.5. The molecule has 0 saturated carbocycles. The van der Waals surface area contributed by atoms with Gasteiger partial charge in [0.25, 0.3) is 5.91 Å². The highest BCUT2D eigenvalue weighted by Gasteiger charge is 2.29. The van der Waals surface area contributed by atoms with E-state index in [1.807, 2.05) is 0 Å². The molecule has 0 saturated heterocycles. The predicted molar refractivity (Wildman–Crippen MR) is 72.2 cm³/mol. The van der Waals surface area contributed by atoms with E-state index >= 15 is 0 Å². The molecular weight excluding hydrogens is 305 g/mol. The number of carbonyl (C=O) groups excluding carboxylic acids is 1. The first kappa shape index (κ1) is 15.2. The van der Waals surface area contributed by atoms with Crippen LogP contribution in [0.15, 0.2) is 47.6 Å². The van der Waals surface area contributed by atoms with Crippen LogP contribution in [-0.4, -0.2) is 21.5 Å². The normalized spacial score (nSPS) is 11.2. The molecule has 21 heavy (non-hydrogen) atoms. The van der Waals surface area contributed by atoms with Crippen LogP contribution >= 0.6 is 11.8 Å². The van der Waals surface area contributed by atoms with Gasteiger partial charge in [-0.05, 0) is 42.1 Å². The Morgan fingerprint density at radius 2 is 1.86 bits per heavy atom. The average molecular weight is 314 g/mol. The van der Waals surface area contributed by atoms with Crippen molar-refractivity contribution in [1.29, 1.82) is 0 Å². The van der Waals surface area contributed by atoms with Crippen LogP contribution in [0.2, 0.25) is 0 Å². The molecule has 4 nitrogen and oxygen atoms in total. The van der Waals surface area contributed by atoms with E-state index in [2.05, 4.69) is 10.3 Å². The van der Waals surface area contributed by atoms with E-state index in [0.717, 1.165) is 0 Å². The van der Waals surface area contributed by atoms with Crippen molar-refractivity contribution < 1.29 is 23.1 Å². The summed E-state index contributed by atoms with van der Waals surface area (Å²) in [6.07, 6.45) is 2.45. The Labute approximate surface area is 122 Å². The SMILES string of the molecule is O=C(Nc1ccc(SC(F)(F)F)cc1)c1cncc(O)c1. The second kappa shape index (κ2) is 6.04. The fourth-order valence-electron chi connectivity index (χ4n) is 1.50. The van der Waals surface area contributed by atoms with Crippen molar-refractivity contribution in [2.45, 2.75) is 10.4 Å². The standard InChI is InChI=1S/C13H9F3N2O2S/c14-13(15,16)21-11-3-1-9(2-4-11)18-12(20)8-5-10(19)7-17-6-8/h1-7,19H,(H,18,20). The molecule has 2 rings (SSSR count). The molecule has 0 radical (unpaired) electrons. The fraction of sp³-hybridized carbons (Fsp3) is 0.0769. The summed E-state index contributed by atoms with van der Waals surface area (Å²) in [5, 5.41) is 11.7. The van der Waals surface area contributed by atoms with Crippen LogP contribution in [0.1, 0.15) is 10.4 Å². The van der Waals surface area contributed by atoms with Crippen LogP contribution in [0.5, 0.6) is 5.75 Å². The van der Waals surface area contributed by atoms with Gasteiger partial charge in [0, 0.05) is 16.8 Å². The largest absolute Gasteiger partial charge is 0.506 e. The monoisotopic (exact) mass is 314 g/mol. The number of rotatable bonds is 3. The Kier molecular flexibility index (Phi) is 4.37. The summed E-state index contributed by atoms with van der Waals surface area (Å²) in [6, 6.07) is 6.48. The van der Waals surface area contributed by atoms with Gasteiger partial charge in [0.1, 0.15) is 5.75 Å². The molecule has 0 unspecified atom stereocenters. The first-order chi connectivity index (χ1) is 9.83. The van der Waals surface area contributed by atoms with E-state index in [-0.39, 0.29) is 28.0 Å². The topological polar surface area (TPSA) is 62.2 Å². The Balaban J connectivity index is 2.05. The number of alkyl halides is 3. The number of anilines is 1.